The zero-order valence-corrected chi connectivity index (χ0v) is 13.3. The predicted octanol–water partition coefficient (Wildman–Crippen LogP) is 1.98. The van der Waals surface area contributed by atoms with Gasteiger partial charge in [0, 0.05) is 12.6 Å². The molecule has 5 nitrogen and oxygen atoms in total. The zero-order valence-electron chi connectivity index (χ0n) is 12.5. The molecule has 2 N–H and O–H groups in total. The van der Waals surface area contributed by atoms with Crippen molar-refractivity contribution in [3.8, 4) is 0 Å². The van der Waals surface area contributed by atoms with E-state index in [-0.39, 0.29) is 22.4 Å². The van der Waals surface area contributed by atoms with E-state index in [0.29, 0.717) is 12.5 Å². The van der Waals surface area contributed by atoms with E-state index in [1.807, 2.05) is 0 Å². The quantitative estimate of drug-likeness (QED) is 0.872. The number of carbonyl (C=O) groups is 1. The first-order valence-electron chi connectivity index (χ1n) is 7.23. The fourth-order valence-electron chi connectivity index (χ4n) is 2.28. The summed E-state index contributed by atoms with van der Waals surface area (Å²) < 4.78 is 23.3. The first kappa shape index (κ1) is 16.0. The van der Waals surface area contributed by atoms with Crippen molar-refractivity contribution < 1.29 is 13.2 Å². The highest BCUT2D eigenvalue weighted by Gasteiger charge is 2.34. The number of nitrogens with zero attached hydrogens (tertiary/aromatic N) is 1. The number of rotatable bonds is 6. The average molecular weight is 310 g/mol. The number of carbonyl (C=O) groups excluding carboxylic acids is 1. The summed E-state index contributed by atoms with van der Waals surface area (Å²) in [4.78, 5) is 14.4. The van der Waals surface area contributed by atoms with Gasteiger partial charge in [-0.25, -0.2) is 13.6 Å². The number of amides is 1. The summed E-state index contributed by atoms with van der Waals surface area (Å²) in [6.45, 7) is 4.86. The number of hydrogen-bond donors (Lipinski definition) is 1. The molecule has 0 aromatic heterocycles. The Morgan fingerprint density at radius 2 is 1.95 bits per heavy atom. The van der Waals surface area contributed by atoms with Gasteiger partial charge in [0.05, 0.1) is 10.5 Å². The van der Waals surface area contributed by atoms with Gasteiger partial charge in [-0.3, -0.25) is 4.79 Å². The Hall–Kier alpha value is -1.40. The van der Waals surface area contributed by atoms with Crippen molar-refractivity contribution in [1.82, 2.24) is 4.90 Å². The van der Waals surface area contributed by atoms with Gasteiger partial charge in [0.25, 0.3) is 5.91 Å². The van der Waals surface area contributed by atoms with E-state index >= 15 is 0 Å². The van der Waals surface area contributed by atoms with Gasteiger partial charge in [-0.2, -0.15) is 0 Å². The maximum absolute atomic E-state index is 12.7. The lowest BCUT2D eigenvalue weighted by Crippen LogP contribution is -2.35. The van der Waals surface area contributed by atoms with Gasteiger partial charge < -0.3 is 4.90 Å². The van der Waals surface area contributed by atoms with Crippen LogP contribution in [0.2, 0.25) is 0 Å². The molecule has 116 valence electrons. The van der Waals surface area contributed by atoms with E-state index in [0.717, 1.165) is 19.3 Å². The number of nitrogens with two attached hydrogens (primary N) is 1. The topological polar surface area (TPSA) is 80.5 Å². The number of primary sulfonamides is 1. The Morgan fingerprint density at radius 3 is 2.48 bits per heavy atom. The Labute approximate surface area is 126 Å². The van der Waals surface area contributed by atoms with Crippen LogP contribution in [0.4, 0.5) is 0 Å². The van der Waals surface area contributed by atoms with Crippen LogP contribution in [-0.4, -0.2) is 31.8 Å². The Morgan fingerprint density at radius 1 is 1.33 bits per heavy atom. The molecule has 0 saturated heterocycles. The Kier molecular flexibility index (Phi) is 4.68. The molecule has 21 heavy (non-hydrogen) atoms. The van der Waals surface area contributed by atoms with Crippen molar-refractivity contribution in [1.29, 1.82) is 0 Å². The minimum absolute atomic E-state index is 0.0924. The third-order valence-electron chi connectivity index (χ3n) is 3.62. The van der Waals surface area contributed by atoms with Gasteiger partial charge in [-0.1, -0.05) is 26.0 Å². The predicted molar refractivity (Wildman–Crippen MR) is 81.3 cm³/mol. The molecule has 1 aliphatic rings. The minimum Gasteiger partial charge on any atom is -0.336 e. The molecule has 6 heteroatoms. The maximum Gasteiger partial charge on any atom is 0.255 e. The van der Waals surface area contributed by atoms with Crippen molar-refractivity contribution in [2.45, 2.75) is 44.0 Å². The number of hydrogen-bond acceptors (Lipinski definition) is 3. The van der Waals surface area contributed by atoms with Gasteiger partial charge in [0.2, 0.25) is 10.0 Å². The van der Waals surface area contributed by atoms with E-state index in [1.54, 1.807) is 17.0 Å². The molecular weight excluding hydrogens is 288 g/mol. The second kappa shape index (κ2) is 6.15. The van der Waals surface area contributed by atoms with Crippen LogP contribution in [0, 0.1) is 5.92 Å². The van der Waals surface area contributed by atoms with E-state index in [9.17, 15) is 13.2 Å². The Bertz CT molecular complexity index is 622. The molecule has 1 aliphatic carbocycles. The molecule has 1 fully saturated rings. The van der Waals surface area contributed by atoms with Crippen LogP contribution >= 0.6 is 0 Å². The molecule has 0 bridgehead atoms. The third kappa shape index (κ3) is 4.04. The maximum atomic E-state index is 12.7. The lowest BCUT2D eigenvalue weighted by molar-refractivity contribution is 0.0731. The molecule has 1 saturated carbocycles. The summed E-state index contributed by atoms with van der Waals surface area (Å²) in [5, 5.41) is 5.21. The first-order valence-corrected chi connectivity index (χ1v) is 8.78. The molecular formula is C15H22N2O3S. The third-order valence-corrected chi connectivity index (χ3v) is 4.59. The standard InChI is InChI=1S/C15H22N2O3S/c1-11(2)9-10-17(12-7-8-12)15(18)13-5-3-4-6-14(13)21(16,19)20/h3-6,11-12H,7-10H2,1-2H3,(H2,16,19,20). The van der Waals surface area contributed by atoms with E-state index in [2.05, 4.69) is 13.8 Å². The lowest BCUT2D eigenvalue weighted by atomic mass is 10.1. The van der Waals surface area contributed by atoms with Crippen molar-refractivity contribution in [2.24, 2.45) is 11.1 Å². The van der Waals surface area contributed by atoms with E-state index < -0.39 is 10.0 Å². The van der Waals surface area contributed by atoms with Gasteiger partial charge in [-0.15, -0.1) is 0 Å². The molecule has 2 rings (SSSR count). The molecule has 0 aliphatic heterocycles. The summed E-state index contributed by atoms with van der Waals surface area (Å²) >= 11 is 0. The molecule has 0 heterocycles. The van der Waals surface area contributed by atoms with E-state index in [4.69, 9.17) is 5.14 Å². The summed E-state index contributed by atoms with van der Waals surface area (Å²) in [6, 6.07) is 6.40. The molecule has 0 unspecified atom stereocenters. The molecule has 1 aromatic rings. The van der Waals surface area contributed by atoms with Crippen molar-refractivity contribution in [3.63, 3.8) is 0 Å². The van der Waals surface area contributed by atoms with Crippen LogP contribution in [0.25, 0.3) is 0 Å². The fourth-order valence-corrected chi connectivity index (χ4v) is 3.01. The van der Waals surface area contributed by atoms with Crippen LogP contribution in [-0.2, 0) is 10.0 Å². The van der Waals surface area contributed by atoms with Crippen molar-refractivity contribution >= 4 is 15.9 Å². The normalized spacial score (nSPS) is 15.2. The molecule has 0 atom stereocenters. The summed E-state index contributed by atoms with van der Waals surface area (Å²) in [6.07, 6.45) is 2.88. The second-order valence-corrected chi connectivity index (χ2v) is 7.48. The molecule has 0 radical (unpaired) electrons. The fraction of sp³-hybridized carbons (Fsp3) is 0.533. The van der Waals surface area contributed by atoms with Crippen LogP contribution in [0.1, 0.15) is 43.5 Å². The van der Waals surface area contributed by atoms with Gasteiger partial charge in [-0.05, 0) is 37.3 Å². The highest BCUT2D eigenvalue weighted by molar-refractivity contribution is 7.89. The van der Waals surface area contributed by atoms with Crippen LogP contribution < -0.4 is 5.14 Å². The zero-order chi connectivity index (χ0) is 15.6. The molecule has 1 amide bonds. The summed E-state index contributed by atoms with van der Waals surface area (Å²) in [7, 11) is -3.90. The average Bonchev–Trinajstić information content (AvgIpc) is 3.22. The highest BCUT2D eigenvalue weighted by atomic mass is 32.2. The van der Waals surface area contributed by atoms with Gasteiger partial charge in [0.1, 0.15) is 0 Å². The molecule has 1 aromatic carbocycles. The van der Waals surface area contributed by atoms with Crippen LogP contribution in [0.15, 0.2) is 29.2 Å². The second-order valence-electron chi connectivity index (χ2n) is 5.95. The van der Waals surface area contributed by atoms with Crippen LogP contribution in [0.5, 0.6) is 0 Å². The highest BCUT2D eigenvalue weighted by Crippen LogP contribution is 2.30. The SMILES string of the molecule is CC(C)CCN(C(=O)c1ccccc1S(N)(=O)=O)C1CC1. The smallest absolute Gasteiger partial charge is 0.255 e. The largest absolute Gasteiger partial charge is 0.336 e. The van der Waals surface area contributed by atoms with Gasteiger partial charge >= 0.3 is 0 Å². The number of benzene rings is 1. The number of sulfonamides is 1. The molecule has 0 spiro atoms. The first-order chi connectivity index (χ1) is 9.80. The van der Waals surface area contributed by atoms with Crippen molar-refractivity contribution in [2.75, 3.05) is 6.54 Å². The monoisotopic (exact) mass is 310 g/mol. The summed E-state index contributed by atoms with van der Waals surface area (Å²) in [5.74, 6) is 0.260. The van der Waals surface area contributed by atoms with Crippen molar-refractivity contribution in [3.05, 3.63) is 29.8 Å². The lowest BCUT2D eigenvalue weighted by Gasteiger charge is -2.24. The van der Waals surface area contributed by atoms with Gasteiger partial charge in [0.15, 0.2) is 0 Å². The van der Waals surface area contributed by atoms with Crippen LogP contribution in [0.3, 0.4) is 0 Å². The summed E-state index contributed by atoms with van der Waals surface area (Å²) in [5.41, 5.74) is 0.177. The van der Waals surface area contributed by atoms with E-state index in [1.165, 1.54) is 12.1 Å². The Balaban J connectivity index is 2.29. The minimum atomic E-state index is -3.90.